The highest BCUT2D eigenvalue weighted by Gasteiger charge is 2.24. The quantitative estimate of drug-likeness (QED) is 0.707. The van der Waals surface area contributed by atoms with Crippen LogP contribution >= 0.6 is 11.6 Å². The van der Waals surface area contributed by atoms with Gasteiger partial charge in [-0.25, -0.2) is 4.98 Å². The van der Waals surface area contributed by atoms with Crippen LogP contribution in [0.3, 0.4) is 0 Å². The molecule has 0 unspecified atom stereocenters. The van der Waals surface area contributed by atoms with E-state index in [0.717, 1.165) is 5.56 Å². The second-order valence-corrected chi connectivity index (χ2v) is 6.57. The number of aromatic nitrogens is 2. The topological polar surface area (TPSA) is 37.6 Å². The Morgan fingerprint density at radius 2 is 1.96 bits per heavy atom. The maximum absolute atomic E-state index is 13.2. The molecule has 5 heteroatoms. The number of nitrogens with zero attached hydrogens (tertiary/aromatic N) is 3. The van der Waals surface area contributed by atoms with Crippen molar-refractivity contribution in [1.29, 1.82) is 0 Å². The molecule has 0 bridgehead atoms. The van der Waals surface area contributed by atoms with Gasteiger partial charge in [0, 0.05) is 29.9 Å². The van der Waals surface area contributed by atoms with Crippen molar-refractivity contribution in [3.05, 3.63) is 70.6 Å². The van der Waals surface area contributed by atoms with Crippen molar-refractivity contribution in [2.45, 2.75) is 33.4 Å². The first-order chi connectivity index (χ1) is 11.5. The van der Waals surface area contributed by atoms with Crippen LogP contribution in [-0.2, 0) is 6.54 Å². The zero-order valence-electron chi connectivity index (χ0n) is 14.0. The fourth-order valence-electron chi connectivity index (χ4n) is 2.80. The van der Waals surface area contributed by atoms with Gasteiger partial charge in [-0.3, -0.25) is 9.20 Å². The van der Waals surface area contributed by atoms with E-state index in [-0.39, 0.29) is 11.9 Å². The molecule has 1 aromatic carbocycles. The molecule has 4 nitrogen and oxygen atoms in total. The van der Waals surface area contributed by atoms with Crippen LogP contribution in [0.5, 0.6) is 0 Å². The van der Waals surface area contributed by atoms with Gasteiger partial charge in [0.05, 0.1) is 5.69 Å². The number of amides is 1. The second kappa shape index (κ2) is 6.65. The lowest BCUT2D eigenvalue weighted by Crippen LogP contribution is -2.37. The fraction of sp³-hybridized carbons (Fsp3) is 0.263. The third-order valence-electron chi connectivity index (χ3n) is 4.05. The van der Waals surface area contributed by atoms with E-state index in [1.54, 1.807) is 18.3 Å². The predicted octanol–water partition coefficient (Wildman–Crippen LogP) is 4.35. The minimum Gasteiger partial charge on any atom is -0.331 e. The number of carbonyl (C=O) groups is 1. The summed E-state index contributed by atoms with van der Waals surface area (Å²) in [5.74, 6) is -0.0267. The Hall–Kier alpha value is -2.33. The Balaban J connectivity index is 2.00. The van der Waals surface area contributed by atoms with Gasteiger partial charge in [-0.15, -0.1) is 0 Å². The molecule has 0 atom stereocenters. The molecule has 24 heavy (non-hydrogen) atoms. The smallest absolute Gasteiger partial charge is 0.273 e. The molecular formula is C19H20ClN3O. The number of hydrogen-bond acceptors (Lipinski definition) is 2. The van der Waals surface area contributed by atoms with Gasteiger partial charge < -0.3 is 4.90 Å². The van der Waals surface area contributed by atoms with E-state index in [9.17, 15) is 4.79 Å². The highest BCUT2D eigenvalue weighted by Crippen LogP contribution is 2.20. The van der Waals surface area contributed by atoms with Crippen molar-refractivity contribution < 1.29 is 4.79 Å². The molecule has 0 aliphatic carbocycles. The van der Waals surface area contributed by atoms with Gasteiger partial charge in [-0.1, -0.05) is 41.9 Å². The number of fused-ring (bicyclic) bond motifs is 1. The van der Waals surface area contributed by atoms with Crippen LogP contribution in [0.4, 0.5) is 0 Å². The van der Waals surface area contributed by atoms with Gasteiger partial charge in [0.25, 0.3) is 5.91 Å². The summed E-state index contributed by atoms with van der Waals surface area (Å²) in [6, 6.07) is 13.6. The summed E-state index contributed by atoms with van der Waals surface area (Å²) < 4.78 is 1.81. The summed E-state index contributed by atoms with van der Waals surface area (Å²) in [6.07, 6.45) is 1.80. The normalized spacial score (nSPS) is 11.2. The van der Waals surface area contributed by atoms with Crippen LogP contribution in [0.25, 0.3) is 5.65 Å². The van der Waals surface area contributed by atoms with E-state index in [1.807, 2.05) is 60.4 Å². The molecule has 1 amide bonds. The molecule has 3 rings (SSSR count). The molecule has 3 aromatic rings. The van der Waals surface area contributed by atoms with Crippen molar-refractivity contribution in [3.8, 4) is 0 Å². The van der Waals surface area contributed by atoms with Crippen molar-refractivity contribution in [2.75, 3.05) is 0 Å². The number of rotatable bonds is 4. The van der Waals surface area contributed by atoms with Crippen molar-refractivity contribution >= 4 is 23.2 Å². The van der Waals surface area contributed by atoms with Crippen LogP contribution in [-0.4, -0.2) is 26.2 Å². The zero-order valence-corrected chi connectivity index (χ0v) is 14.8. The van der Waals surface area contributed by atoms with Gasteiger partial charge in [-0.2, -0.15) is 0 Å². The molecule has 0 saturated carbocycles. The summed E-state index contributed by atoms with van der Waals surface area (Å²) in [4.78, 5) is 19.5. The van der Waals surface area contributed by atoms with Crippen LogP contribution in [0.1, 0.15) is 35.6 Å². The molecular weight excluding hydrogens is 322 g/mol. The highest BCUT2D eigenvalue weighted by molar-refractivity contribution is 6.30. The number of hydrogen-bond donors (Lipinski definition) is 0. The molecule has 2 heterocycles. The van der Waals surface area contributed by atoms with Gasteiger partial charge in [0.15, 0.2) is 0 Å². The molecule has 0 aliphatic heterocycles. The van der Waals surface area contributed by atoms with Crippen LogP contribution in [0.2, 0.25) is 5.02 Å². The average molecular weight is 342 g/mol. The maximum Gasteiger partial charge on any atom is 0.273 e. The van der Waals surface area contributed by atoms with Crippen molar-refractivity contribution in [2.24, 2.45) is 0 Å². The second-order valence-electron chi connectivity index (χ2n) is 6.13. The van der Waals surface area contributed by atoms with E-state index >= 15 is 0 Å². The fourth-order valence-corrected chi connectivity index (χ4v) is 2.95. The van der Waals surface area contributed by atoms with E-state index in [1.165, 1.54) is 0 Å². The van der Waals surface area contributed by atoms with E-state index < -0.39 is 0 Å². The lowest BCUT2D eigenvalue weighted by molar-refractivity contribution is 0.0682. The maximum atomic E-state index is 13.2. The lowest BCUT2D eigenvalue weighted by atomic mass is 10.1. The molecule has 124 valence electrons. The molecule has 0 spiro atoms. The Bertz CT molecular complexity index is 871. The molecule has 0 fully saturated rings. The minimum atomic E-state index is -0.0267. The molecule has 2 aromatic heterocycles. The third kappa shape index (κ3) is 3.15. The average Bonchev–Trinajstić information content (AvgIpc) is 2.87. The standard InChI is InChI=1S/C19H20ClN3O/c1-13(2)23(12-15-7-5-4-6-8-15)19(24)18-14(3)21-17-11-16(20)9-10-22(17)18/h4-11,13H,12H2,1-3H3. The number of carbonyl (C=O) groups excluding carboxylic acids is 1. The van der Waals surface area contributed by atoms with Crippen molar-refractivity contribution in [3.63, 3.8) is 0 Å². The number of imidazole rings is 1. The number of pyridine rings is 1. The Morgan fingerprint density at radius 1 is 1.25 bits per heavy atom. The van der Waals surface area contributed by atoms with Crippen LogP contribution in [0, 0.1) is 6.92 Å². The predicted molar refractivity (Wildman–Crippen MR) is 96.4 cm³/mol. The molecule has 0 saturated heterocycles. The van der Waals surface area contributed by atoms with E-state index in [2.05, 4.69) is 4.98 Å². The molecule has 0 radical (unpaired) electrons. The number of halogens is 1. The Labute approximate surface area is 146 Å². The summed E-state index contributed by atoms with van der Waals surface area (Å²) >= 11 is 6.03. The molecule has 0 N–H and O–H groups in total. The Morgan fingerprint density at radius 3 is 2.62 bits per heavy atom. The highest BCUT2D eigenvalue weighted by atomic mass is 35.5. The first kappa shape index (κ1) is 16.5. The van der Waals surface area contributed by atoms with E-state index in [4.69, 9.17) is 11.6 Å². The van der Waals surface area contributed by atoms with Gasteiger partial charge in [0.1, 0.15) is 11.3 Å². The minimum absolute atomic E-state index is 0.0267. The van der Waals surface area contributed by atoms with Crippen molar-refractivity contribution in [1.82, 2.24) is 14.3 Å². The summed E-state index contributed by atoms with van der Waals surface area (Å²) in [5.41, 5.74) is 3.09. The Kier molecular flexibility index (Phi) is 4.58. The monoisotopic (exact) mass is 341 g/mol. The van der Waals surface area contributed by atoms with Gasteiger partial charge in [-0.05, 0) is 32.4 Å². The first-order valence-corrected chi connectivity index (χ1v) is 8.34. The van der Waals surface area contributed by atoms with Gasteiger partial charge in [0.2, 0.25) is 0 Å². The molecule has 0 aliphatic rings. The lowest BCUT2D eigenvalue weighted by Gasteiger charge is -2.27. The van der Waals surface area contributed by atoms with Gasteiger partial charge >= 0.3 is 0 Å². The summed E-state index contributed by atoms with van der Waals surface area (Å²) in [6.45, 7) is 6.47. The zero-order chi connectivity index (χ0) is 17.3. The number of aryl methyl sites for hydroxylation is 1. The SMILES string of the molecule is Cc1nc2cc(Cl)ccn2c1C(=O)N(Cc1ccccc1)C(C)C. The van der Waals surface area contributed by atoms with Crippen LogP contribution < -0.4 is 0 Å². The first-order valence-electron chi connectivity index (χ1n) is 7.96. The number of benzene rings is 1. The van der Waals surface area contributed by atoms with E-state index in [0.29, 0.717) is 28.6 Å². The summed E-state index contributed by atoms with van der Waals surface area (Å²) in [5, 5.41) is 0.608. The third-order valence-corrected chi connectivity index (χ3v) is 4.28. The summed E-state index contributed by atoms with van der Waals surface area (Å²) in [7, 11) is 0. The van der Waals surface area contributed by atoms with Crippen LogP contribution in [0.15, 0.2) is 48.7 Å². The largest absolute Gasteiger partial charge is 0.331 e.